The van der Waals surface area contributed by atoms with Crippen LogP contribution >= 0.6 is 0 Å². The highest BCUT2D eigenvalue weighted by Gasteiger charge is 2.29. The van der Waals surface area contributed by atoms with Gasteiger partial charge in [0.25, 0.3) is 0 Å². The molecule has 0 radical (unpaired) electrons. The molecule has 0 aliphatic carbocycles. The summed E-state index contributed by atoms with van der Waals surface area (Å²) < 4.78 is 37.4. The average Bonchev–Trinajstić information content (AvgIpc) is 3.00. The van der Waals surface area contributed by atoms with E-state index in [0.29, 0.717) is 11.3 Å². The Bertz CT molecular complexity index is 893. The third kappa shape index (κ3) is 3.65. The summed E-state index contributed by atoms with van der Waals surface area (Å²) in [6.45, 7) is 0. The lowest BCUT2D eigenvalue weighted by atomic mass is 10.1. The van der Waals surface area contributed by atoms with Gasteiger partial charge in [-0.25, -0.2) is 0 Å². The average molecular weight is 330 g/mol. The number of halogens is 3. The highest BCUT2D eigenvalue weighted by atomic mass is 19.4. The maximum atomic E-state index is 12.5. The molecule has 0 bridgehead atoms. The van der Waals surface area contributed by atoms with Crippen LogP contribution in [0.15, 0.2) is 60.8 Å². The first-order valence-electron chi connectivity index (χ1n) is 7.15. The molecule has 2 aromatic carbocycles. The first-order chi connectivity index (χ1) is 11.4. The van der Waals surface area contributed by atoms with Gasteiger partial charge in [-0.05, 0) is 47.4 Å². The number of benzene rings is 2. The van der Waals surface area contributed by atoms with Crippen LogP contribution in [0.25, 0.3) is 17.0 Å². The second-order valence-electron chi connectivity index (χ2n) is 5.22. The number of carbonyl (C=O) groups is 1. The summed E-state index contributed by atoms with van der Waals surface area (Å²) in [6.07, 6.45) is 0.182. The Balaban J connectivity index is 1.66. The van der Waals surface area contributed by atoms with Crippen molar-refractivity contribution >= 4 is 28.6 Å². The Morgan fingerprint density at radius 2 is 1.79 bits per heavy atom. The third-order valence-electron chi connectivity index (χ3n) is 3.49. The first-order valence-corrected chi connectivity index (χ1v) is 7.15. The number of hydrogen-bond donors (Lipinski definition) is 2. The van der Waals surface area contributed by atoms with Crippen LogP contribution in [0, 0.1) is 0 Å². The molecule has 0 spiro atoms. The van der Waals surface area contributed by atoms with E-state index in [4.69, 9.17) is 0 Å². The maximum Gasteiger partial charge on any atom is 0.416 e. The molecule has 0 aliphatic rings. The van der Waals surface area contributed by atoms with Crippen LogP contribution in [0.2, 0.25) is 0 Å². The number of hydrogen-bond acceptors (Lipinski definition) is 1. The van der Waals surface area contributed by atoms with Crippen LogP contribution in [0.1, 0.15) is 11.1 Å². The minimum Gasteiger partial charge on any atom is -0.361 e. The number of H-pyrrole nitrogens is 1. The lowest BCUT2D eigenvalue weighted by molar-refractivity contribution is -0.137. The van der Waals surface area contributed by atoms with E-state index in [0.717, 1.165) is 23.0 Å². The van der Waals surface area contributed by atoms with Gasteiger partial charge in [-0.3, -0.25) is 4.79 Å². The van der Waals surface area contributed by atoms with Crippen LogP contribution in [0.3, 0.4) is 0 Å². The quantitative estimate of drug-likeness (QED) is 0.663. The maximum absolute atomic E-state index is 12.5. The predicted octanol–water partition coefficient (Wildman–Crippen LogP) is 4.84. The van der Waals surface area contributed by atoms with E-state index in [1.54, 1.807) is 18.3 Å². The number of alkyl halides is 3. The number of anilines is 1. The van der Waals surface area contributed by atoms with Crippen LogP contribution < -0.4 is 5.32 Å². The second kappa shape index (κ2) is 6.23. The lowest BCUT2D eigenvalue weighted by Gasteiger charge is -2.06. The predicted molar refractivity (Wildman–Crippen MR) is 87.4 cm³/mol. The molecule has 122 valence electrons. The Labute approximate surface area is 135 Å². The molecule has 1 heterocycles. The summed E-state index contributed by atoms with van der Waals surface area (Å²) in [7, 11) is 0. The number of aromatic nitrogens is 1. The summed E-state index contributed by atoms with van der Waals surface area (Å²) in [5, 5.41) is 3.74. The normalized spacial score (nSPS) is 12.0. The van der Waals surface area contributed by atoms with Crippen molar-refractivity contribution in [3.05, 3.63) is 71.9 Å². The van der Waals surface area contributed by atoms with E-state index in [-0.39, 0.29) is 5.91 Å². The number of amides is 1. The fourth-order valence-corrected chi connectivity index (χ4v) is 2.26. The molecule has 1 amide bonds. The number of nitrogens with one attached hydrogen (secondary N) is 2. The van der Waals surface area contributed by atoms with Gasteiger partial charge in [-0.15, -0.1) is 0 Å². The lowest BCUT2D eigenvalue weighted by Crippen LogP contribution is -2.07. The van der Waals surface area contributed by atoms with Gasteiger partial charge in [0.1, 0.15) is 0 Å². The minimum absolute atomic E-state index is 0.360. The van der Waals surface area contributed by atoms with Crippen molar-refractivity contribution in [1.82, 2.24) is 4.98 Å². The third-order valence-corrected chi connectivity index (χ3v) is 3.49. The highest BCUT2D eigenvalue weighted by Crippen LogP contribution is 2.29. The van der Waals surface area contributed by atoms with Gasteiger partial charge >= 0.3 is 6.18 Å². The monoisotopic (exact) mass is 330 g/mol. The first kappa shape index (κ1) is 15.9. The van der Waals surface area contributed by atoms with Crippen LogP contribution in [-0.4, -0.2) is 10.9 Å². The molecule has 0 fully saturated rings. The van der Waals surface area contributed by atoms with Crippen molar-refractivity contribution in [2.24, 2.45) is 0 Å². The van der Waals surface area contributed by atoms with Crippen molar-refractivity contribution in [3.63, 3.8) is 0 Å². The van der Waals surface area contributed by atoms with Gasteiger partial charge in [0.2, 0.25) is 5.91 Å². The molecule has 0 aliphatic heterocycles. The number of aromatic amines is 1. The topological polar surface area (TPSA) is 44.9 Å². The fraction of sp³-hybridized carbons (Fsp3) is 0.0556. The number of fused-ring (bicyclic) bond motifs is 1. The van der Waals surface area contributed by atoms with E-state index in [1.807, 2.05) is 12.1 Å². The Hall–Kier alpha value is -3.02. The van der Waals surface area contributed by atoms with E-state index < -0.39 is 11.7 Å². The Morgan fingerprint density at radius 1 is 1.04 bits per heavy atom. The largest absolute Gasteiger partial charge is 0.416 e. The van der Waals surface area contributed by atoms with Gasteiger partial charge in [-0.2, -0.15) is 13.2 Å². The van der Waals surface area contributed by atoms with Crippen LogP contribution in [0.5, 0.6) is 0 Å². The molecule has 6 heteroatoms. The van der Waals surface area contributed by atoms with Gasteiger partial charge in [-0.1, -0.05) is 18.2 Å². The standard InChI is InChI=1S/C18H13F3N2O/c19-18(20,21)14-5-1-12(2-6-14)3-8-17(24)23-15-7-4-13-9-10-22-16(13)11-15/h1-11,22H,(H,23,24). The van der Waals surface area contributed by atoms with Gasteiger partial charge in [0.15, 0.2) is 0 Å². The van der Waals surface area contributed by atoms with Crippen molar-refractivity contribution in [3.8, 4) is 0 Å². The molecule has 24 heavy (non-hydrogen) atoms. The summed E-state index contributed by atoms with van der Waals surface area (Å²) in [5.41, 5.74) is 1.33. The molecule has 0 atom stereocenters. The van der Waals surface area contributed by atoms with E-state index in [9.17, 15) is 18.0 Å². The molecule has 1 aromatic heterocycles. The highest BCUT2D eigenvalue weighted by molar-refractivity contribution is 6.02. The van der Waals surface area contributed by atoms with Crippen LogP contribution in [0.4, 0.5) is 18.9 Å². The summed E-state index contributed by atoms with van der Waals surface area (Å²) >= 11 is 0. The molecule has 3 nitrogen and oxygen atoms in total. The zero-order chi connectivity index (χ0) is 17.2. The van der Waals surface area contributed by atoms with Crippen molar-refractivity contribution in [2.45, 2.75) is 6.18 Å². The van der Waals surface area contributed by atoms with Crippen molar-refractivity contribution < 1.29 is 18.0 Å². The summed E-state index contributed by atoms with van der Waals surface area (Å²) in [6, 6.07) is 12.0. The SMILES string of the molecule is O=C(C=Cc1ccc(C(F)(F)F)cc1)Nc1ccc2cc[nH]c2c1. The van der Waals surface area contributed by atoms with E-state index in [1.165, 1.54) is 24.3 Å². The van der Waals surface area contributed by atoms with Crippen LogP contribution in [-0.2, 0) is 11.0 Å². The fourth-order valence-electron chi connectivity index (χ4n) is 2.26. The summed E-state index contributed by atoms with van der Waals surface area (Å²) in [4.78, 5) is 14.9. The summed E-state index contributed by atoms with van der Waals surface area (Å²) in [5.74, 6) is -0.360. The second-order valence-corrected chi connectivity index (χ2v) is 5.22. The smallest absolute Gasteiger partial charge is 0.361 e. The van der Waals surface area contributed by atoms with Gasteiger partial charge in [0, 0.05) is 23.5 Å². The molecule has 3 aromatic rings. The number of rotatable bonds is 3. The van der Waals surface area contributed by atoms with Crippen molar-refractivity contribution in [2.75, 3.05) is 5.32 Å². The minimum atomic E-state index is -4.36. The molecule has 0 unspecified atom stereocenters. The zero-order valence-corrected chi connectivity index (χ0v) is 12.4. The zero-order valence-electron chi connectivity index (χ0n) is 12.4. The molecular formula is C18H13F3N2O. The van der Waals surface area contributed by atoms with E-state index >= 15 is 0 Å². The van der Waals surface area contributed by atoms with Crippen molar-refractivity contribution in [1.29, 1.82) is 0 Å². The van der Waals surface area contributed by atoms with Gasteiger partial charge in [0.05, 0.1) is 5.56 Å². The Kier molecular flexibility index (Phi) is 4.12. The Morgan fingerprint density at radius 3 is 2.50 bits per heavy atom. The molecule has 3 rings (SSSR count). The van der Waals surface area contributed by atoms with E-state index in [2.05, 4.69) is 10.3 Å². The molecule has 0 saturated carbocycles. The van der Waals surface area contributed by atoms with Gasteiger partial charge < -0.3 is 10.3 Å². The molecular weight excluding hydrogens is 317 g/mol. The molecule has 0 saturated heterocycles. The number of carbonyl (C=O) groups excluding carboxylic acids is 1. The molecule has 2 N–H and O–H groups in total.